The Morgan fingerprint density at radius 2 is 1.26 bits per heavy atom. The quantitative estimate of drug-likeness (QED) is 0.0435. The molecule has 247 valence electrons. The second-order valence-electron chi connectivity index (χ2n) is 10.1. The zero-order chi connectivity index (χ0) is 29.1. The molecular formula is C29H58NaO11S. The van der Waals surface area contributed by atoms with Gasteiger partial charge in [0, 0.05) is 29.6 Å². The first-order valence-corrected chi connectivity index (χ1v) is 15.8. The minimum atomic E-state index is -4.76. The average Bonchev–Trinajstić information content (AvgIpc) is 3.83. The number of epoxide rings is 2. The van der Waals surface area contributed by atoms with Crippen molar-refractivity contribution in [3.63, 3.8) is 0 Å². The van der Waals surface area contributed by atoms with Gasteiger partial charge in [-0.15, -0.1) is 0 Å². The van der Waals surface area contributed by atoms with Crippen LogP contribution in [-0.2, 0) is 48.1 Å². The van der Waals surface area contributed by atoms with Gasteiger partial charge in [-0.3, -0.25) is 14.1 Å². The van der Waals surface area contributed by atoms with Gasteiger partial charge in [-0.25, -0.2) is 0 Å². The summed E-state index contributed by atoms with van der Waals surface area (Å²) < 4.78 is 62.9. The van der Waals surface area contributed by atoms with Gasteiger partial charge < -0.3 is 28.4 Å². The van der Waals surface area contributed by atoms with Crippen LogP contribution in [0.5, 0.6) is 0 Å². The number of esters is 2. The van der Waals surface area contributed by atoms with Crippen molar-refractivity contribution in [3.05, 3.63) is 0 Å². The summed E-state index contributed by atoms with van der Waals surface area (Å²) in [7, 11) is -4.76. The molecule has 0 amide bonds. The van der Waals surface area contributed by atoms with Gasteiger partial charge in [-0.1, -0.05) is 81.1 Å². The Balaban J connectivity index is -0.000000903. The van der Waals surface area contributed by atoms with E-state index in [0.29, 0.717) is 32.2 Å². The maximum Gasteiger partial charge on any atom is 0.327 e. The van der Waals surface area contributed by atoms with E-state index >= 15 is 0 Å². The van der Waals surface area contributed by atoms with Gasteiger partial charge in [0.2, 0.25) is 0 Å². The van der Waals surface area contributed by atoms with Crippen LogP contribution in [0.1, 0.15) is 100 Å². The Labute approximate surface area is 277 Å². The molecule has 0 saturated carbocycles. The molecule has 0 bridgehead atoms. The summed E-state index contributed by atoms with van der Waals surface area (Å²) >= 11 is 0. The van der Waals surface area contributed by atoms with Gasteiger partial charge in [0.1, 0.15) is 19.0 Å². The Hall–Kier alpha value is -0.310. The van der Waals surface area contributed by atoms with Crippen LogP contribution in [0.4, 0.5) is 0 Å². The molecule has 2 aliphatic rings. The van der Waals surface area contributed by atoms with Crippen LogP contribution in [0, 0.1) is 11.8 Å². The second-order valence-corrected chi connectivity index (χ2v) is 11.7. The molecule has 2 aliphatic heterocycles. The molecule has 0 spiro atoms. The van der Waals surface area contributed by atoms with Gasteiger partial charge >= 0.3 is 11.9 Å². The molecule has 13 heteroatoms. The summed E-state index contributed by atoms with van der Waals surface area (Å²) in [6.07, 6.45) is 7.40. The first kappa shape index (κ1) is 46.1. The van der Waals surface area contributed by atoms with Gasteiger partial charge in [-0.05, 0) is 24.7 Å². The SMILES string of the molecule is C.C.C(OCC1CO1)OCC1CO1.CCCCC(CC)COC(=O)CC(C(=O)OCC(CC)CCCC)S(=O)(=O)O.[Na]. The molecule has 0 aromatic carbocycles. The number of carbonyl (C=O) groups excluding carboxylic acids is 2. The number of ether oxygens (including phenoxy) is 6. The van der Waals surface area contributed by atoms with Crippen molar-refractivity contribution in [2.24, 2.45) is 11.8 Å². The van der Waals surface area contributed by atoms with Gasteiger partial charge in [-0.2, -0.15) is 8.42 Å². The summed E-state index contributed by atoms with van der Waals surface area (Å²) in [5.41, 5.74) is 0. The monoisotopic (exact) mass is 637 g/mol. The maximum absolute atomic E-state index is 12.2. The summed E-state index contributed by atoms with van der Waals surface area (Å²) in [6.45, 7) is 11.7. The van der Waals surface area contributed by atoms with E-state index in [4.69, 9.17) is 28.4 Å². The summed E-state index contributed by atoms with van der Waals surface area (Å²) in [6, 6.07) is 0. The molecule has 5 unspecified atom stereocenters. The first-order chi connectivity index (χ1) is 18.6. The van der Waals surface area contributed by atoms with E-state index in [1.54, 1.807) is 0 Å². The third kappa shape index (κ3) is 24.1. The van der Waals surface area contributed by atoms with Gasteiger partial charge in [0.05, 0.1) is 46.1 Å². The number of hydrogen-bond donors (Lipinski definition) is 1. The van der Waals surface area contributed by atoms with E-state index in [1.807, 2.05) is 13.8 Å². The second kappa shape index (κ2) is 27.0. The van der Waals surface area contributed by atoms with Crippen LogP contribution < -0.4 is 0 Å². The molecule has 42 heavy (non-hydrogen) atoms. The number of carbonyl (C=O) groups is 2. The molecule has 0 aromatic rings. The maximum atomic E-state index is 12.2. The topological polar surface area (TPSA) is 150 Å². The van der Waals surface area contributed by atoms with Crippen molar-refractivity contribution in [2.75, 3.05) is 46.4 Å². The molecule has 1 radical (unpaired) electrons. The first-order valence-electron chi connectivity index (χ1n) is 14.3. The van der Waals surface area contributed by atoms with Crippen LogP contribution in [0.15, 0.2) is 0 Å². The minimum Gasteiger partial charge on any atom is -0.465 e. The minimum absolute atomic E-state index is 0. The molecule has 0 aromatic heterocycles. The standard InChI is InChI=1S/C20H38O7S.C7H12O4.2CH4.Na/c1-5-9-11-16(7-3)14-26-19(21)13-18(28(23,24)25)20(22)27-15-17(8-4)12-10-6-2;1(6-3-10-6)8-5-9-2-7-4-11-7;;;/h16-18H,5-15H2,1-4H3,(H,23,24,25);6-7H,1-5H2;2*1H4;. The normalized spacial score (nSPS) is 18.8. The van der Waals surface area contributed by atoms with Gasteiger partial charge in [0.15, 0.2) is 5.25 Å². The van der Waals surface area contributed by atoms with Crippen LogP contribution in [0.2, 0.25) is 0 Å². The van der Waals surface area contributed by atoms with Crippen LogP contribution >= 0.6 is 0 Å². The van der Waals surface area contributed by atoms with Crippen molar-refractivity contribution in [1.29, 1.82) is 0 Å². The van der Waals surface area contributed by atoms with Crippen molar-refractivity contribution in [3.8, 4) is 0 Å². The molecule has 2 rings (SSSR count). The molecule has 5 atom stereocenters. The number of unbranched alkanes of at least 4 members (excludes halogenated alkanes) is 2. The zero-order valence-electron chi connectivity index (χ0n) is 25.1. The Morgan fingerprint density at radius 3 is 1.62 bits per heavy atom. The molecule has 2 fully saturated rings. The molecular weight excluding hydrogens is 579 g/mol. The van der Waals surface area contributed by atoms with E-state index in [2.05, 4.69) is 13.8 Å². The summed E-state index contributed by atoms with van der Waals surface area (Å²) in [5.74, 6) is -1.61. The van der Waals surface area contributed by atoms with Gasteiger partial charge in [0.25, 0.3) is 10.1 Å². The molecule has 11 nitrogen and oxygen atoms in total. The predicted octanol–water partition coefficient (Wildman–Crippen LogP) is 4.82. The average molecular weight is 638 g/mol. The van der Waals surface area contributed by atoms with Crippen LogP contribution in [-0.4, -0.2) is 118 Å². The van der Waals surface area contributed by atoms with Crippen molar-refractivity contribution >= 4 is 51.6 Å². The van der Waals surface area contributed by atoms with Crippen LogP contribution in [0.3, 0.4) is 0 Å². The van der Waals surface area contributed by atoms with Crippen molar-refractivity contribution < 1.29 is 51.0 Å². The molecule has 2 heterocycles. The van der Waals surface area contributed by atoms with E-state index < -0.39 is 33.7 Å². The fourth-order valence-electron chi connectivity index (χ4n) is 3.57. The largest absolute Gasteiger partial charge is 0.465 e. The van der Waals surface area contributed by atoms with Crippen LogP contribution in [0.25, 0.3) is 0 Å². The number of hydrogen-bond acceptors (Lipinski definition) is 10. The van der Waals surface area contributed by atoms with E-state index in [9.17, 15) is 22.6 Å². The Kier molecular flexibility index (Phi) is 29.7. The van der Waals surface area contributed by atoms with E-state index in [1.165, 1.54) is 0 Å². The Morgan fingerprint density at radius 1 is 0.833 bits per heavy atom. The predicted molar refractivity (Wildman–Crippen MR) is 164 cm³/mol. The summed E-state index contributed by atoms with van der Waals surface area (Å²) in [5, 5.41) is -1.95. The fraction of sp³-hybridized carbons (Fsp3) is 0.931. The zero-order valence-corrected chi connectivity index (χ0v) is 28.0. The van der Waals surface area contributed by atoms with E-state index in [0.717, 1.165) is 64.6 Å². The Bertz CT molecular complexity index is 760. The fourth-order valence-corrected chi connectivity index (χ4v) is 4.23. The summed E-state index contributed by atoms with van der Waals surface area (Å²) in [4.78, 5) is 24.2. The van der Waals surface area contributed by atoms with E-state index in [-0.39, 0.29) is 69.5 Å². The third-order valence-corrected chi connectivity index (χ3v) is 7.66. The number of rotatable bonds is 22. The molecule has 0 aliphatic carbocycles. The molecule has 1 N–H and O–H groups in total. The van der Waals surface area contributed by atoms with Crippen molar-refractivity contribution in [1.82, 2.24) is 0 Å². The molecule has 2 saturated heterocycles. The third-order valence-electron chi connectivity index (χ3n) is 6.58. The van der Waals surface area contributed by atoms with Crippen molar-refractivity contribution in [2.45, 2.75) is 118 Å². The smallest absolute Gasteiger partial charge is 0.327 e.